The molecule has 0 aromatic heterocycles. The van der Waals surface area contributed by atoms with E-state index in [4.69, 9.17) is 0 Å². The number of para-hydroxylation sites is 1. The molecule has 0 saturated heterocycles. The van der Waals surface area contributed by atoms with Gasteiger partial charge in [-0.25, -0.2) is 0 Å². The summed E-state index contributed by atoms with van der Waals surface area (Å²) in [7, 11) is 0. The SMILES string of the molecule is Cc1ccc(NC(=O)[C@@H](NCC(=O)Nc2c(C)cccc2C)c2ccccc2)cc1. The zero-order valence-corrected chi connectivity index (χ0v) is 17.5. The number of hydrogen-bond donors (Lipinski definition) is 3. The Morgan fingerprint density at radius 1 is 0.767 bits per heavy atom. The first-order chi connectivity index (χ1) is 14.4. The Balaban J connectivity index is 1.70. The first kappa shape index (κ1) is 21.3. The fraction of sp³-hybridized carbons (Fsp3) is 0.200. The smallest absolute Gasteiger partial charge is 0.246 e. The van der Waals surface area contributed by atoms with E-state index in [-0.39, 0.29) is 18.4 Å². The topological polar surface area (TPSA) is 70.2 Å². The Kier molecular flexibility index (Phi) is 6.99. The first-order valence-corrected chi connectivity index (χ1v) is 9.96. The van der Waals surface area contributed by atoms with Crippen molar-refractivity contribution in [2.75, 3.05) is 17.2 Å². The lowest BCUT2D eigenvalue weighted by Crippen LogP contribution is -2.38. The molecule has 5 heteroatoms. The molecule has 0 radical (unpaired) electrons. The normalized spacial score (nSPS) is 11.6. The summed E-state index contributed by atoms with van der Waals surface area (Å²) in [6.07, 6.45) is 0. The van der Waals surface area contributed by atoms with Crippen LogP contribution in [0.1, 0.15) is 28.3 Å². The molecule has 0 unspecified atom stereocenters. The van der Waals surface area contributed by atoms with Crippen LogP contribution in [-0.4, -0.2) is 18.4 Å². The van der Waals surface area contributed by atoms with Crippen molar-refractivity contribution >= 4 is 23.2 Å². The lowest BCUT2D eigenvalue weighted by molar-refractivity contribution is -0.119. The van der Waals surface area contributed by atoms with Gasteiger partial charge in [-0.1, -0.05) is 66.2 Å². The molecule has 0 aliphatic rings. The molecule has 0 fully saturated rings. The minimum atomic E-state index is -0.656. The molecular weight excluding hydrogens is 374 g/mol. The molecule has 2 amide bonds. The van der Waals surface area contributed by atoms with E-state index in [2.05, 4.69) is 16.0 Å². The lowest BCUT2D eigenvalue weighted by Gasteiger charge is -2.19. The number of rotatable bonds is 7. The summed E-state index contributed by atoms with van der Waals surface area (Å²) >= 11 is 0. The zero-order valence-electron chi connectivity index (χ0n) is 17.5. The van der Waals surface area contributed by atoms with Crippen LogP contribution in [-0.2, 0) is 9.59 Å². The van der Waals surface area contributed by atoms with Crippen LogP contribution in [0.5, 0.6) is 0 Å². The Hall–Kier alpha value is -3.44. The van der Waals surface area contributed by atoms with Crippen molar-refractivity contribution in [2.24, 2.45) is 0 Å². The monoisotopic (exact) mass is 401 g/mol. The van der Waals surface area contributed by atoms with Gasteiger partial charge in [0.15, 0.2) is 0 Å². The second-order valence-corrected chi connectivity index (χ2v) is 7.39. The maximum absolute atomic E-state index is 13.0. The summed E-state index contributed by atoms with van der Waals surface area (Å²) in [5.41, 5.74) is 5.44. The van der Waals surface area contributed by atoms with Crippen LogP contribution in [0, 0.1) is 20.8 Å². The van der Waals surface area contributed by atoms with Gasteiger partial charge in [0.25, 0.3) is 0 Å². The predicted molar refractivity (Wildman–Crippen MR) is 122 cm³/mol. The number of carbonyl (C=O) groups excluding carboxylic acids is 2. The minimum absolute atomic E-state index is 0.00858. The van der Waals surface area contributed by atoms with Gasteiger partial charge in [0.05, 0.1) is 6.54 Å². The Morgan fingerprint density at radius 3 is 2.03 bits per heavy atom. The van der Waals surface area contributed by atoms with Crippen LogP contribution in [0.25, 0.3) is 0 Å². The van der Waals surface area contributed by atoms with Crippen molar-refractivity contribution in [3.63, 3.8) is 0 Å². The maximum Gasteiger partial charge on any atom is 0.246 e. The number of hydrogen-bond acceptors (Lipinski definition) is 3. The van der Waals surface area contributed by atoms with Gasteiger partial charge in [0.2, 0.25) is 11.8 Å². The summed E-state index contributed by atoms with van der Waals surface area (Å²) < 4.78 is 0. The van der Waals surface area contributed by atoms with Gasteiger partial charge in [-0.2, -0.15) is 0 Å². The molecule has 3 aromatic carbocycles. The van der Waals surface area contributed by atoms with Gasteiger partial charge in [0, 0.05) is 11.4 Å². The number of aryl methyl sites for hydroxylation is 3. The molecule has 3 rings (SSSR count). The average Bonchev–Trinajstić information content (AvgIpc) is 2.73. The number of carbonyl (C=O) groups is 2. The molecule has 5 nitrogen and oxygen atoms in total. The van der Waals surface area contributed by atoms with Gasteiger partial charge in [-0.15, -0.1) is 0 Å². The molecule has 1 atom stereocenters. The van der Waals surface area contributed by atoms with E-state index in [0.29, 0.717) is 5.69 Å². The standard InChI is InChI=1S/C25H27N3O2/c1-17-12-14-21(15-13-17)27-25(30)24(20-10-5-4-6-11-20)26-16-22(29)28-23-18(2)8-7-9-19(23)3/h4-15,24,26H,16H2,1-3H3,(H,27,30)(H,28,29)/t24-/m0/s1. The summed E-state index contributed by atoms with van der Waals surface area (Å²) in [6.45, 7) is 5.92. The van der Waals surface area contributed by atoms with Crippen molar-refractivity contribution in [1.82, 2.24) is 5.32 Å². The molecule has 30 heavy (non-hydrogen) atoms. The average molecular weight is 402 g/mol. The molecule has 0 bridgehead atoms. The second-order valence-electron chi connectivity index (χ2n) is 7.39. The van der Waals surface area contributed by atoms with Crippen LogP contribution in [0.15, 0.2) is 72.8 Å². The van der Waals surface area contributed by atoms with E-state index in [0.717, 1.165) is 27.9 Å². The second kappa shape index (κ2) is 9.85. The van der Waals surface area contributed by atoms with Gasteiger partial charge in [0.1, 0.15) is 6.04 Å². The van der Waals surface area contributed by atoms with Crippen LogP contribution < -0.4 is 16.0 Å². The summed E-state index contributed by atoms with van der Waals surface area (Å²) in [4.78, 5) is 25.5. The third kappa shape index (κ3) is 5.55. The van der Waals surface area contributed by atoms with E-state index in [1.54, 1.807) is 0 Å². The van der Waals surface area contributed by atoms with Gasteiger partial charge in [-0.05, 0) is 49.6 Å². The summed E-state index contributed by atoms with van der Waals surface area (Å²) in [6, 6.07) is 22.2. The lowest BCUT2D eigenvalue weighted by atomic mass is 10.1. The molecule has 154 valence electrons. The van der Waals surface area contributed by atoms with Crippen LogP contribution in [0.4, 0.5) is 11.4 Å². The van der Waals surface area contributed by atoms with Crippen molar-refractivity contribution in [2.45, 2.75) is 26.8 Å². The van der Waals surface area contributed by atoms with Gasteiger partial charge in [-0.3, -0.25) is 14.9 Å². The highest BCUT2D eigenvalue weighted by Crippen LogP contribution is 2.20. The zero-order chi connectivity index (χ0) is 21.5. The third-order valence-corrected chi connectivity index (χ3v) is 4.93. The number of amides is 2. The maximum atomic E-state index is 13.0. The fourth-order valence-electron chi connectivity index (χ4n) is 3.25. The quantitative estimate of drug-likeness (QED) is 0.545. The molecule has 3 aromatic rings. The van der Waals surface area contributed by atoms with Crippen molar-refractivity contribution in [3.05, 3.63) is 95.1 Å². The Labute approximate surface area is 177 Å². The van der Waals surface area contributed by atoms with Crippen molar-refractivity contribution in [1.29, 1.82) is 0 Å². The van der Waals surface area contributed by atoms with E-state index >= 15 is 0 Å². The van der Waals surface area contributed by atoms with Crippen LogP contribution >= 0.6 is 0 Å². The van der Waals surface area contributed by atoms with E-state index in [9.17, 15) is 9.59 Å². The molecule has 3 N–H and O–H groups in total. The fourth-order valence-corrected chi connectivity index (χ4v) is 3.25. The minimum Gasteiger partial charge on any atom is -0.324 e. The van der Waals surface area contributed by atoms with Crippen molar-refractivity contribution in [3.8, 4) is 0 Å². The molecule has 0 spiro atoms. The molecular formula is C25H27N3O2. The highest BCUT2D eigenvalue weighted by molar-refractivity contribution is 5.97. The number of nitrogens with one attached hydrogen (secondary N) is 3. The number of benzene rings is 3. The largest absolute Gasteiger partial charge is 0.324 e. The summed E-state index contributed by atoms with van der Waals surface area (Å²) in [5, 5.41) is 8.98. The Morgan fingerprint density at radius 2 is 1.40 bits per heavy atom. The molecule has 0 aliphatic heterocycles. The molecule has 0 aliphatic carbocycles. The highest BCUT2D eigenvalue weighted by atomic mass is 16.2. The first-order valence-electron chi connectivity index (χ1n) is 9.96. The van der Waals surface area contributed by atoms with Crippen LogP contribution in [0.3, 0.4) is 0 Å². The third-order valence-electron chi connectivity index (χ3n) is 4.93. The van der Waals surface area contributed by atoms with Crippen molar-refractivity contribution < 1.29 is 9.59 Å². The van der Waals surface area contributed by atoms with Gasteiger partial charge < -0.3 is 10.6 Å². The molecule has 0 saturated carbocycles. The Bertz CT molecular complexity index is 994. The van der Waals surface area contributed by atoms with E-state index in [1.807, 2.05) is 93.6 Å². The van der Waals surface area contributed by atoms with Gasteiger partial charge >= 0.3 is 0 Å². The van der Waals surface area contributed by atoms with E-state index < -0.39 is 6.04 Å². The van der Waals surface area contributed by atoms with Crippen LogP contribution in [0.2, 0.25) is 0 Å². The highest BCUT2D eigenvalue weighted by Gasteiger charge is 2.21. The summed E-state index contributed by atoms with van der Waals surface area (Å²) in [5.74, 6) is -0.415. The van der Waals surface area contributed by atoms with E-state index in [1.165, 1.54) is 0 Å². The number of anilines is 2. The predicted octanol–water partition coefficient (Wildman–Crippen LogP) is 4.52. The molecule has 0 heterocycles.